The lowest BCUT2D eigenvalue weighted by molar-refractivity contribution is 0.0940. The molecule has 0 saturated carbocycles. The third kappa shape index (κ3) is 1.41. The average Bonchev–Trinajstić information content (AvgIpc) is 2.59. The van der Waals surface area contributed by atoms with E-state index < -0.39 is 0 Å². The van der Waals surface area contributed by atoms with E-state index in [0.717, 1.165) is 18.5 Å². The highest BCUT2D eigenvalue weighted by atomic mass is 16.1. The lowest BCUT2D eigenvalue weighted by Crippen LogP contribution is -2.21. The smallest absolute Gasteiger partial charge is 0.179 e. The van der Waals surface area contributed by atoms with Gasteiger partial charge in [-0.3, -0.25) is 4.79 Å². The van der Waals surface area contributed by atoms with Crippen LogP contribution in [0.5, 0.6) is 0 Å². The van der Waals surface area contributed by atoms with Gasteiger partial charge >= 0.3 is 0 Å². The van der Waals surface area contributed by atoms with Gasteiger partial charge in [0.1, 0.15) is 0 Å². The van der Waals surface area contributed by atoms with E-state index in [0.29, 0.717) is 11.8 Å². The Morgan fingerprint density at radius 1 is 1.62 bits per heavy atom. The van der Waals surface area contributed by atoms with E-state index in [4.69, 9.17) is 0 Å². The third-order valence-corrected chi connectivity index (χ3v) is 2.78. The van der Waals surface area contributed by atoms with Gasteiger partial charge in [-0.2, -0.15) is 0 Å². The van der Waals surface area contributed by atoms with Gasteiger partial charge in [0.15, 0.2) is 5.78 Å². The van der Waals surface area contributed by atoms with Crippen LogP contribution in [0.3, 0.4) is 0 Å². The molecule has 1 aromatic rings. The molecule has 0 radical (unpaired) electrons. The second-order valence-electron chi connectivity index (χ2n) is 3.71. The Morgan fingerprint density at radius 3 is 3.23 bits per heavy atom. The van der Waals surface area contributed by atoms with Crippen molar-refractivity contribution < 1.29 is 4.79 Å². The van der Waals surface area contributed by atoms with Crippen LogP contribution in [0.25, 0.3) is 0 Å². The van der Waals surface area contributed by atoms with Gasteiger partial charge in [0.05, 0.1) is 5.69 Å². The highest BCUT2D eigenvalue weighted by molar-refractivity contribution is 5.95. The number of carbonyl (C=O) groups is 1. The van der Waals surface area contributed by atoms with Crippen LogP contribution in [0.1, 0.15) is 49.1 Å². The Hall–Kier alpha value is -1.05. The first kappa shape index (κ1) is 8.54. The average molecular weight is 177 g/mol. The fourth-order valence-corrected chi connectivity index (χ4v) is 2.13. The second-order valence-corrected chi connectivity index (χ2v) is 3.71. The molecule has 0 amide bonds. The minimum Gasteiger partial charge on any atom is -0.342 e. The summed E-state index contributed by atoms with van der Waals surface area (Å²) in [5, 5.41) is 0. The second kappa shape index (κ2) is 3.36. The quantitative estimate of drug-likeness (QED) is 0.680. The van der Waals surface area contributed by atoms with Gasteiger partial charge in [0, 0.05) is 18.7 Å². The summed E-state index contributed by atoms with van der Waals surface area (Å²) in [6, 6.07) is 4.47. The van der Waals surface area contributed by atoms with Crippen molar-refractivity contribution in [1.29, 1.82) is 0 Å². The Balaban J connectivity index is 2.30. The lowest BCUT2D eigenvalue weighted by Gasteiger charge is -2.24. The van der Waals surface area contributed by atoms with Gasteiger partial charge < -0.3 is 4.57 Å². The van der Waals surface area contributed by atoms with Crippen molar-refractivity contribution >= 4 is 5.78 Å². The fraction of sp³-hybridized carbons (Fsp3) is 0.545. The zero-order valence-corrected chi connectivity index (χ0v) is 7.99. The van der Waals surface area contributed by atoms with E-state index >= 15 is 0 Å². The summed E-state index contributed by atoms with van der Waals surface area (Å²) in [4.78, 5) is 11.5. The van der Waals surface area contributed by atoms with Crippen molar-refractivity contribution in [3.63, 3.8) is 0 Å². The number of ketones is 1. The summed E-state index contributed by atoms with van der Waals surface area (Å²) in [6.07, 6.45) is 6.17. The standard InChI is InChI=1S/C11H15NO/c1-2-4-9-6-7-11(13)10-5-3-8-12(9)10/h3,5,8-9H,2,4,6-7H2,1H3. The van der Waals surface area contributed by atoms with Crippen molar-refractivity contribution in [2.24, 2.45) is 0 Å². The molecule has 1 aliphatic rings. The zero-order valence-electron chi connectivity index (χ0n) is 7.99. The van der Waals surface area contributed by atoms with E-state index in [9.17, 15) is 4.79 Å². The molecular weight excluding hydrogens is 162 g/mol. The fourth-order valence-electron chi connectivity index (χ4n) is 2.13. The summed E-state index contributed by atoms with van der Waals surface area (Å²) in [7, 11) is 0. The largest absolute Gasteiger partial charge is 0.342 e. The van der Waals surface area contributed by atoms with Gasteiger partial charge in [0.2, 0.25) is 0 Å². The van der Waals surface area contributed by atoms with Crippen molar-refractivity contribution in [2.75, 3.05) is 0 Å². The molecule has 0 saturated heterocycles. The van der Waals surface area contributed by atoms with Crippen LogP contribution < -0.4 is 0 Å². The predicted octanol–water partition coefficient (Wildman–Crippen LogP) is 2.81. The van der Waals surface area contributed by atoms with Crippen LogP contribution in [0, 0.1) is 0 Å². The predicted molar refractivity (Wildman–Crippen MR) is 51.9 cm³/mol. The number of hydrogen-bond donors (Lipinski definition) is 0. The van der Waals surface area contributed by atoms with Crippen LogP contribution in [0.2, 0.25) is 0 Å². The Labute approximate surface area is 78.6 Å². The van der Waals surface area contributed by atoms with E-state index in [-0.39, 0.29) is 0 Å². The SMILES string of the molecule is CCCC1CCC(=O)c2cccn21. The maximum absolute atomic E-state index is 11.5. The summed E-state index contributed by atoms with van der Waals surface area (Å²) in [5.41, 5.74) is 0.907. The molecule has 2 heterocycles. The lowest BCUT2D eigenvalue weighted by atomic mass is 9.98. The normalized spacial score (nSPS) is 21.6. The number of nitrogens with zero attached hydrogens (tertiary/aromatic N) is 1. The van der Waals surface area contributed by atoms with E-state index in [1.807, 2.05) is 18.3 Å². The summed E-state index contributed by atoms with van der Waals surface area (Å²) >= 11 is 0. The topological polar surface area (TPSA) is 22.0 Å². The van der Waals surface area contributed by atoms with Gasteiger partial charge in [-0.15, -0.1) is 0 Å². The summed E-state index contributed by atoms with van der Waals surface area (Å²) < 4.78 is 2.15. The van der Waals surface area contributed by atoms with Crippen LogP contribution in [0.4, 0.5) is 0 Å². The molecule has 2 heteroatoms. The van der Waals surface area contributed by atoms with Crippen molar-refractivity contribution in [2.45, 2.75) is 38.6 Å². The van der Waals surface area contributed by atoms with Crippen LogP contribution in [-0.2, 0) is 0 Å². The molecule has 1 aromatic heterocycles. The van der Waals surface area contributed by atoms with E-state index in [2.05, 4.69) is 11.5 Å². The molecule has 2 nitrogen and oxygen atoms in total. The monoisotopic (exact) mass is 177 g/mol. The first-order valence-electron chi connectivity index (χ1n) is 5.03. The Bertz CT molecular complexity index is 314. The van der Waals surface area contributed by atoms with Gasteiger partial charge in [-0.25, -0.2) is 0 Å². The number of Topliss-reactive ketones (excluding diaryl/α,β-unsaturated/α-hetero) is 1. The summed E-state index contributed by atoms with van der Waals surface area (Å²) in [5.74, 6) is 0.303. The number of hydrogen-bond acceptors (Lipinski definition) is 1. The van der Waals surface area contributed by atoms with Crippen LogP contribution in [0.15, 0.2) is 18.3 Å². The Kier molecular flexibility index (Phi) is 2.21. The highest BCUT2D eigenvalue weighted by Crippen LogP contribution is 2.28. The molecule has 70 valence electrons. The van der Waals surface area contributed by atoms with E-state index in [1.165, 1.54) is 12.8 Å². The molecule has 0 aliphatic carbocycles. The number of fused-ring (bicyclic) bond motifs is 1. The zero-order chi connectivity index (χ0) is 9.26. The van der Waals surface area contributed by atoms with Gasteiger partial charge in [-0.1, -0.05) is 13.3 Å². The molecular formula is C11H15NO. The Morgan fingerprint density at radius 2 is 2.46 bits per heavy atom. The van der Waals surface area contributed by atoms with Crippen LogP contribution in [-0.4, -0.2) is 10.4 Å². The third-order valence-electron chi connectivity index (χ3n) is 2.78. The molecule has 0 aromatic carbocycles. The molecule has 1 aliphatic heterocycles. The number of aromatic nitrogens is 1. The summed E-state index contributed by atoms with van der Waals surface area (Å²) in [6.45, 7) is 2.19. The molecule has 0 fully saturated rings. The van der Waals surface area contributed by atoms with Crippen molar-refractivity contribution in [1.82, 2.24) is 4.57 Å². The first-order chi connectivity index (χ1) is 6.33. The molecule has 1 unspecified atom stereocenters. The van der Waals surface area contributed by atoms with Crippen molar-refractivity contribution in [3.05, 3.63) is 24.0 Å². The highest BCUT2D eigenvalue weighted by Gasteiger charge is 2.23. The maximum Gasteiger partial charge on any atom is 0.179 e. The minimum absolute atomic E-state index is 0.303. The number of rotatable bonds is 2. The van der Waals surface area contributed by atoms with Crippen LogP contribution >= 0.6 is 0 Å². The molecule has 0 N–H and O–H groups in total. The first-order valence-corrected chi connectivity index (χ1v) is 5.03. The molecule has 0 spiro atoms. The molecule has 0 bridgehead atoms. The van der Waals surface area contributed by atoms with Crippen molar-refractivity contribution in [3.8, 4) is 0 Å². The molecule has 2 rings (SSSR count). The van der Waals surface area contributed by atoms with Gasteiger partial charge in [0.25, 0.3) is 0 Å². The molecule has 13 heavy (non-hydrogen) atoms. The van der Waals surface area contributed by atoms with Gasteiger partial charge in [-0.05, 0) is 25.0 Å². The minimum atomic E-state index is 0.303. The number of carbonyl (C=O) groups excluding carboxylic acids is 1. The molecule has 1 atom stereocenters. The van der Waals surface area contributed by atoms with E-state index in [1.54, 1.807) is 0 Å². The maximum atomic E-state index is 11.5.